The van der Waals surface area contributed by atoms with Crippen LogP contribution >= 0.6 is 0 Å². The van der Waals surface area contributed by atoms with Crippen LogP contribution in [0.2, 0.25) is 0 Å². The Morgan fingerprint density at radius 2 is 2.10 bits per heavy atom. The SMILES string of the molecule is C=CCN(C(C)C)S(=O)(=O)c1cc(F)ccc1C(=O)OC. The van der Waals surface area contributed by atoms with Gasteiger partial charge in [-0.25, -0.2) is 17.6 Å². The minimum absolute atomic E-state index is 0.0527. The molecule has 0 saturated heterocycles. The molecule has 1 aromatic carbocycles. The summed E-state index contributed by atoms with van der Waals surface area (Å²) in [7, 11) is -2.92. The van der Waals surface area contributed by atoms with Gasteiger partial charge in [-0.2, -0.15) is 4.31 Å². The standard InChI is InChI=1S/C14H18FNO4S/c1-5-8-16(10(2)3)21(18,19)13-9-11(15)6-7-12(13)14(17)20-4/h5-7,9-10H,1,8H2,2-4H3. The predicted molar refractivity (Wildman–Crippen MR) is 77.0 cm³/mol. The van der Waals surface area contributed by atoms with Gasteiger partial charge in [0, 0.05) is 12.6 Å². The highest BCUT2D eigenvalue weighted by Gasteiger charge is 2.31. The van der Waals surface area contributed by atoms with Crippen molar-refractivity contribution in [2.24, 2.45) is 0 Å². The zero-order valence-corrected chi connectivity index (χ0v) is 13.0. The van der Waals surface area contributed by atoms with E-state index in [2.05, 4.69) is 11.3 Å². The molecule has 0 bridgehead atoms. The Balaban J connectivity index is 3.52. The lowest BCUT2D eigenvalue weighted by molar-refractivity contribution is 0.0596. The van der Waals surface area contributed by atoms with Gasteiger partial charge in [0.05, 0.1) is 17.6 Å². The van der Waals surface area contributed by atoms with Crippen LogP contribution in [0.3, 0.4) is 0 Å². The van der Waals surface area contributed by atoms with E-state index in [1.54, 1.807) is 13.8 Å². The van der Waals surface area contributed by atoms with E-state index in [4.69, 9.17) is 0 Å². The summed E-state index contributed by atoms with van der Waals surface area (Å²) < 4.78 is 44.4. The van der Waals surface area contributed by atoms with Gasteiger partial charge in [0.25, 0.3) is 0 Å². The minimum Gasteiger partial charge on any atom is -0.465 e. The van der Waals surface area contributed by atoms with E-state index in [9.17, 15) is 17.6 Å². The highest BCUT2D eigenvalue weighted by Crippen LogP contribution is 2.24. The molecular formula is C14H18FNO4S. The molecule has 5 nitrogen and oxygen atoms in total. The minimum atomic E-state index is -4.05. The highest BCUT2D eigenvalue weighted by molar-refractivity contribution is 7.89. The Morgan fingerprint density at radius 3 is 2.57 bits per heavy atom. The third-order valence-corrected chi connectivity index (χ3v) is 4.90. The van der Waals surface area contributed by atoms with Gasteiger partial charge in [-0.1, -0.05) is 6.08 Å². The van der Waals surface area contributed by atoms with Crippen LogP contribution in [0.5, 0.6) is 0 Å². The van der Waals surface area contributed by atoms with Gasteiger partial charge in [-0.3, -0.25) is 0 Å². The maximum atomic E-state index is 13.4. The van der Waals surface area contributed by atoms with Crippen LogP contribution in [0.25, 0.3) is 0 Å². The quantitative estimate of drug-likeness (QED) is 0.596. The normalized spacial score (nSPS) is 11.7. The molecule has 21 heavy (non-hydrogen) atoms. The van der Waals surface area contributed by atoms with Crippen LogP contribution in [0.1, 0.15) is 24.2 Å². The van der Waals surface area contributed by atoms with E-state index in [1.165, 1.54) is 6.08 Å². The molecule has 0 atom stereocenters. The fraction of sp³-hybridized carbons (Fsp3) is 0.357. The Morgan fingerprint density at radius 1 is 1.48 bits per heavy atom. The smallest absolute Gasteiger partial charge is 0.339 e. The molecule has 0 fully saturated rings. The molecule has 0 aliphatic heterocycles. The van der Waals surface area contributed by atoms with Crippen LogP contribution in [-0.4, -0.2) is 38.4 Å². The molecule has 116 valence electrons. The lowest BCUT2D eigenvalue weighted by Crippen LogP contribution is -2.37. The van der Waals surface area contributed by atoms with Crippen LogP contribution in [0.4, 0.5) is 4.39 Å². The Bertz CT molecular complexity index is 640. The summed E-state index contributed by atoms with van der Waals surface area (Å²) in [5.74, 6) is -1.58. The molecule has 0 aromatic heterocycles. The number of ether oxygens (including phenoxy) is 1. The fourth-order valence-corrected chi connectivity index (χ4v) is 3.63. The van der Waals surface area contributed by atoms with Gasteiger partial charge >= 0.3 is 5.97 Å². The molecule has 7 heteroatoms. The number of hydrogen-bond acceptors (Lipinski definition) is 4. The Hall–Kier alpha value is -1.73. The Labute approximate surface area is 124 Å². The molecule has 0 N–H and O–H groups in total. The van der Waals surface area contributed by atoms with Crippen molar-refractivity contribution in [3.05, 3.63) is 42.2 Å². The first-order valence-corrected chi connectivity index (χ1v) is 7.70. The lowest BCUT2D eigenvalue weighted by atomic mass is 10.2. The maximum absolute atomic E-state index is 13.4. The molecule has 0 saturated carbocycles. The van der Waals surface area contributed by atoms with Gasteiger partial charge in [-0.05, 0) is 32.0 Å². The monoisotopic (exact) mass is 315 g/mol. The average Bonchev–Trinajstić information content (AvgIpc) is 2.43. The largest absolute Gasteiger partial charge is 0.465 e. The molecule has 0 aliphatic rings. The molecule has 0 amide bonds. The predicted octanol–water partition coefficient (Wildman–Crippen LogP) is 2.20. The zero-order valence-electron chi connectivity index (χ0n) is 12.2. The molecule has 0 aliphatic carbocycles. The number of methoxy groups -OCH3 is 1. The fourth-order valence-electron chi connectivity index (χ4n) is 1.83. The number of esters is 1. The number of carbonyl (C=O) groups excluding carboxylic acids is 1. The van der Waals surface area contributed by atoms with E-state index >= 15 is 0 Å². The maximum Gasteiger partial charge on any atom is 0.339 e. The van der Waals surface area contributed by atoms with Crippen molar-refractivity contribution in [3.8, 4) is 0 Å². The van der Waals surface area contributed by atoms with Gasteiger partial charge < -0.3 is 4.74 Å². The van der Waals surface area contributed by atoms with E-state index in [0.29, 0.717) is 0 Å². The van der Waals surface area contributed by atoms with E-state index < -0.39 is 26.7 Å². The van der Waals surface area contributed by atoms with Crippen molar-refractivity contribution < 1.29 is 22.3 Å². The number of rotatable bonds is 6. The van der Waals surface area contributed by atoms with E-state index in [-0.39, 0.29) is 18.2 Å². The summed E-state index contributed by atoms with van der Waals surface area (Å²) in [6, 6.07) is 2.56. The second-order valence-electron chi connectivity index (χ2n) is 4.59. The molecule has 0 unspecified atom stereocenters. The zero-order chi connectivity index (χ0) is 16.2. The number of halogens is 1. The van der Waals surface area contributed by atoms with Crippen LogP contribution in [-0.2, 0) is 14.8 Å². The van der Waals surface area contributed by atoms with Crippen molar-refractivity contribution in [2.45, 2.75) is 24.8 Å². The third kappa shape index (κ3) is 3.68. The number of benzene rings is 1. The van der Waals surface area contributed by atoms with Gasteiger partial charge in [0.1, 0.15) is 5.82 Å². The number of sulfonamides is 1. The van der Waals surface area contributed by atoms with E-state index in [1.807, 2.05) is 0 Å². The second kappa shape index (κ2) is 6.82. The molecule has 0 heterocycles. The summed E-state index contributed by atoms with van der Waals surface area (Å²) in [5, 5.41) is 0. The van der Waals surface area contributed by atoms with Crippen molar-refractivity contribution in [1.82, 2.24) is 4.31 Å². The van der Waals surface area contributed by atoms with Crippen LogP contribution < -0.4 is 0 Å². The number of hydrogen-bond donors (Lipinski definition) is 0. The van der Waals surface area contributed by atoms with Gasteiger partial charge in [0.15, 0.2) is 0 Å². The summed E-state index contributed by atoms with van der Waals surface area (Å²) in [4.78, 5) is 11.3. The van der Waals surface area contributed by atoms with E-state index in [0.717, 1.165) is 29.6 Å². The van der Waals surface area contributed by atoms with Gasteiger partial charge in [0.2, 0.25) is 10.0 Å². The van der Waals surface area contributed by atoms with Crippen LogP contribution in [0.15, 0.2) is 35.7 Å². The van der Waals surface area contributed by atoms with Crippen LogP contribution in [0, 0.1) is 5.82 Å². The summed E-state index contributed by atoms with van der Waals surface area (Å²) >= 11 is 0. The molecule has 1 aromatic rings. The van der Waals surface area contributed by atoms with Crippen molar-refractivity contribution in [3.63, 3.8) is 0 Å². The molecule has 0 spiro atoms. The third-order valence-electron chi connectivity index (χ3n) is 2.82. The molecule has 0 radical (unpaired) electrons. The van der Waals surface area contributed by atoms with Gasteiger partial charge in [-0.15, -0.1) is 6.58 Å². The number of carbonyl (C=O) groups is 1. The first kappa shape index (κ1) is 17.3. The summed E-state index contributed by atoms with van der Waals surface area (Å²) in [5.41, 5.74) is -0.200. The number of nitrogens with zero attached hydrogens (tertiary/aromatic N) is 1. The summed E-state index contributed by atoms with van der Waals surface area (Å²) in [6.07, 6.45) is 1.43. The lowest BCUT2D eigenvalue weighted by Gasteiger charge is -2.25. The molecular weight excluding hydrogens is 297 g/mol. The second-order valence-corrected chi connectivity index (χ2v) is 6.45. The summed E-state index contributed by atoms with van der Waals surface area (Å²) in [6.45, 7) is 6.92. The topological polar surface area (TPSA) is 63.7 Å². The molecule has 1 rings (SSSR count). The first-order valence-electron chi connectivity index (χ1n) is 6.26. The Kier molecular flexibility index (Phi) is 5.62. The van der Waals surface area contributed by atoms with Crippen molar-refractivity contribution >= 4 is 16.0 Å². The highest BCUT2D eigenvalue weighted by atomic mass is 32.2. The van der Waals surface area contributed by atoms with Crippen molar-refractivity contribution in [1.29, 1.82) is 0 Å². The average molecular weight is 315 g/mol. The first-order chi connectivity index (χ1) is 9.75. The van der Waals surface area contributed by atoms with Crippen molar-refractivity contribution in [2.75, 3.05) is 13.7 Å².